The van der Waals surface area contributed by atoms with Crippen molar-refractivity contribution in [3.63, 3.8) is 0 Å². The summed E-state index contributed by atoms with van der Waals surface area (Å²) in [6, 6.07) is 3.44. The average molecular weight is 293 g/mol. The van der Waals surface area contributed by atoms with Crippen molar-refractivity contribution in [1.82, 2.24) is 4.98 Å². The molecule has 0 amide bonds. The van der Waals surface area contributed by atoms with E-state index in [1.54, 1.807) is 12.1 Å². The van der Waals surface area contributed by atoms with Gasteiger partial charge in [-0.2, -0.15) is 0 Å². The predicted molar refractivity (Wildman–Crippen MR) is 54.7 cm³/mol. The minimum atomic E-state index is -0.987. The van der Waals surface area contributed by atoms with Crippen LogP contribution in [0.5, 0.6) is 5.75 Å². The Morgan fingerprint density at radius 3 is 2.85 bits per heavy atom. The van der Waals surface area contributed by atoms with E-state index >= 15 is 0 Å². The molecule has 0 unspecified atom stereocenters. The fraction of sp³-hybridized carbons (Fsp3) is 0.250. The van der Waals surface area contributed by atoms with E-state index in [0.717, 1.165) is 3.70 Å². The van der Waals surface area contributed by atoms with Crippen molar-refractivity contribution >= 4 is 28.6 Å². The van der Waals surface area contributed by atoms with E-state index in [4.69, 9.17) is 9.84 Å². The summed E-state index contributed by atoms with van der Waals surface area (Å²) in [4.78, 5) is 14.4. The van der Waals surface area contributed by atoms with E-state index in [-0.39, 0.29) is 0 Å². The molecule has 0 spiro atoms. The number of carboxylic acid groups (broad SMARTS) is 1. The summed E-state index contributed by atoms with van der Waals surface area (Å²) in [5.74, 6) is -0.520. The van der Waals surface area contributed by atoms with Gasteiger partial charge in [0.1, 0.15) is 9.45 Å². The fourth-order valence-corrected chi connectivity index (χ4v) is 1.01. The quantitative estimate of drug-likeness (QED) is 0.678. The standard InChI is InChI=1S/C8H8INO3/c1-5(8(11)12)13-6-2-3-7(9)10-4-6/h2-5H,1H3,(H,11,12)/t5-/m0/s1. The smallest absolute Gasteiger partial charge is 0.344 e. The molecule has 0 bridgehead atoms. The minimum Gasteiger partial charge on any atom is -0.479 e. The first-order valence-electron chi connectivity index (χ1n) is 3.60. The van der Waals surface area contributed by atoms with Gasteiger partial charge in [-0.25, -0.2) is 9.78 Å². The normalized spacial score (nSPS) is 12.2. The van der Waals surface area contributed by atoms with Gasteiger partial charge in [-0.15, -0.1) is 0 Å². The van der Waals surface area contributed by atoms with Crippen LogP contribution in [0.2, 0.25) is 0 Å². The zero-order chi connectivity index (χ0) is 9.84. The molecule has 0 aliphatic heterocycles. The monoisotopic (exact) mass is 293 g/mol. The summed E-state index contributed by atoms with van der Waals surface area (Å²) in [5, 5.41) is 8.55. The lowest BCUT2D eigenvalue weighted by Crippen LogP contribution is -2.22. The molecule has 0 aromatic carbocycles. The van der Waals surface area contributed by atoms with Gasteiger partial charge in [0, 0.05) is 0 Å². The van der Waals surface area contributed by atoms with Crippen LogP contribution in [0.15, 0.2) is 18.3 Å². The Hall–Kier alpha value is -0.850. The molecule has 0 saturated heterocycles. The Morgan fingerprint density at radius 2 is 2.38 bits per heavy atom. The van der Waals surface area contributed by atoms with E-state index < -0.39 is 12.1 Å². The molecule has 70 valence electrons. The van der Waals surface area contributed by atoms with Crippen LogP contribution in [-0.4, -0.2) is 22.2 Å². The molecule has 0 radical (unpaired) electrons. The molecule has 4 nitrogen and oxygen atoms in total. The van der Waals surface area contributed by atoms with Gasteiger partial charge in [0.2, 0.25) is 0 Å². The maximum absolute atomic E-state index is 10.4. The van der Waals surface area contributed by atoms with Crippen LogP contribution >= 0.6 is 22.6 Å². The molecule has 0 saturated carbocycles. The lowest BCUT2D eigenvalue weighted by atomic mass is 10.4. The summed E-state index contributed by atoms with van der Waals surface area (Å²) in [6.07, 6.45) is 0.656. The van der Waals surface area contributed by atoms with E-state index in [1.165, 1.54) is 13.1 Å². The Balaban J connectivity index is 2.64. The first-order valence-corrected chi connectivity index (χ1v) is 4.68. The number of hydrogen-bond donors (Lipinski definition) is 1. The zero-order valence-electron chi connectivity index (χ0n) is 6.90. The lowest BCUT2D eigenvalue weighted by molar-refractivity contribution is -0.144. The molecule has 1 atom stereocenters. The van der Waals surface area contributed by atoms with Crippen LogP contribution in [0.25, 0.3) is 0 Å². The summed E-state index contributed by atoms with van der Waals surface area (Å²) in [7, 11) is 0. The highest BCUT2D eigenvalue weighted by atomic mass is 127. The van der Waals surface area contributed by atoms with Crippen LogP contribution in [0.4, 0.5) is 0 Å². The molecule has 1 aromatic rings. The number of carbonyl (C=O) groups is 1. The largest absolute Gasteiger partial charge is 0.479 e. The average Bonchev–Trinajstić information content (AvgIpc) is 2.08. The maximum Gasteiger partial charge on any atom is 0.344 e. The minimum absolute atomic E-state index is 0.468. The van der Waals surface area contributed by atoms with Crippen molar-refractivity contribution in [2.75, 3.05) is 0 Å². The van der Waals surface area contributed by atoms with Gasteiger partial charge in [0.05, 0.1) is 6.20 Å². The predicted octanol–water partition coefficient (Wildman–Crippen LogP) is 1.54. The Bertz CT molecular complexity index is 299. The first-order chi connectivity index (χ1) is 6.09. The number of halogens is 1. The third-order valence-electron chi connectivity index (χ3n) is 1.36. The topological polar surface area (TPSA) is 59.4 Å². The van der Waals surface area contributed by atoms with Crippen molar-refractivity contribution in [2.24, 2.45) is 0 Å². The Kier molecular flexibility index (Phi) is 3.47. The van der Waals surface area contributed by atoms with E-state index in [9.17, 15) is 4.79 Å². The van der Waals surface area contributed by atoms with Crippen molar-refractivity contribution < 1.29 is 14.6 Å². The van der Waals surface area contributed by atoms with Gasteiger partial charge in [-0.1, -0.05) is 0 Å². The number of aliphatic carboxylic acids is 1. The number of rotatable bonds is 3. The molecule has 13 heavy (non-hydrogen) atoms. The van der Waals surface area contributed by atoms with Crippen molar-refractivity contribution in [3.05, 3.63) is 22.0 Å². The lowest BCUT2D eigenvalue weighted by Gasteiger charge is -2.09. The third kappa shape index (κ3) is 3.17. The summed E-state index contributed by atoms with van der Waals surface area (Å²) >= 11 is 2.06. The first kappa shape index (κ1) is 10.2. The molecule has 0 fully saturated rings. The van der Waals surface area contributed by atoms with Crippen LogP contribution in [0.3, 0.4) is 0 Å². The number of hydrogen-bond acceptors (Lipinski definition) is 3. The number of nitrogens with zero attached hydrogens (tertiary/aromatic N) is 1. The maximum atomic E-state index is 10.4. The highest BCUT2D eigenvalue weighted by molar-refractivity contribution is 14.1. The number of ether oxygens (including phenoxy) is 1. The van der Waals surface area contributed by atoms with Gasteiger partial charge in [-0.3, -0.25) is 0 Å². The molecule has 1 heterocycles. The summed E-state index contributed by atoms with van der Waals surface area (Å²) < 4.78 is 5.91. The zero-order valence-corrected chi connectivity index (χ0v) is 9.06. The summed E-state index contributed by atoms with van der Waals surface area (Å²) in [6.45, 7) is 1.47. The second kappa shape index (κ2) is 4.40. The molecule has 0 aliphatic carbocycles. The highest BCUT2D eigenvalue weighted by Gasteiger charge is 2.11. The van der Waals surface area contributed by atoms with Gasteiger partial charge in [-0.05, 0) is 41.6 Å². The van der Waals surface area contributed by atoms with Crippen molar-refractivity contribution in [3.8, 4) is 5.75 Å². The second-order valence-corrected chi connectivity index (χ2v) is 3.52. The molecule has 5 heteroatoms. The molecular formula is C8H8INO3. The van der Waals surface area contributed by atoms with E-state index in [2.05, 4.69) is 27.6 Å². The van der Waals surface area contributed by atoms with Gasteiger partial charge < -0.3 is 9.84 Å². The SMILES string of the molecule is C[C@H](Oc1ccc(I)nc1)C(=O)O. The number of carboxylic acids is 1. The van der Waals surface area contributed by atoms with E-state index in [0.29, 0.717) is 5.75 Å². The molecular weight excluding hydrogens is 285 g/mol. The molecule has 1 N–H and O–H groups in total. The van der Waals surface area contributed by atoms with Gasteiger partial charge in [0.15, 0.2) is 6.10 Å². The van der Waals surface area contributed by atoms with Crippen molar-refractivity contribution in [2.45, 2.75) is 13.0 Å². The Labute approximate surface area is 89.1 Å². The van der Waals surface area contributed by atoms with Gasteiger partial charge >= 0.3 is 5.97 Å². The number of pyridine rings is 1. The van der Waals surface area contributed by atoms with Crippen molar-refractivity contribution in [1.29, 1.82) is 0 Å². The number of aromatic nitrogens is 1. The van der Waals surface area contributed by atoms with E-state index in [1.807, 2.05) is 0 Å². The Morgan fingerprint density at radius 1 is 1.69 bits per heavy atom. The third-order valence-corrected chi connectivity index (χ3v) is 2.00. The molecule has 1 rings (SSSR count). The highest BCUT2D eigenvalue weighted by Crippen LogP contribution is 2.12. The fourth-order valence-electron chi connectivity index (χ4n) is 0.686. The van der Waals surface area contributed by atoms with Crippen LogP contribution in [0.1, 0.15) is 6.92 Å². The molecule has 1 aromatic heterocycles. The van der Waals surface area contributed by atoms with Crippen LogP contribution in [0, 0.1) is 3.70 Å². The second-order valence-electron chi connectivity index (χ2n) is 2.41. The van der Waals surface area contributed by atoms with Crippen LogP contribution in [-0.2, 0) is 4.79 Å². The molecule has 0 aliphatic rings. The van der Waals surface area contributed by atoms with Crippen LogP contribution < -0.4 is 4.74 Å². The summed E-state index contributed by atoms with van der Waals surface area (Å²) in [5.41, 5.74) is 0. The van der Waals surface area contributed by atoms with Gasteiger partial charge in [0.25, 0.3) is 0 Å².